The van der Waals surface area contributed by atoms with E-state index >= 15 is 0 Å². The molecule has 0 aliphatic heterocycles. The van der Waals surface area contributed by atoms with Crippen LogP contribution in [0.5, 0.6) is 11.6 Å². The third-order valence-corrected chi connectivity index (χ3v) is 6.03. The Labute approximate surface area is 182 Å². The zero-order chi connectivity index (χ0) is 22.4. The zero-order valence-corrected chi connectivity index (χ0v) is 18.4. The summed E-state index contributed by atoms with van der Waals surface area (Å²) < 4.78 is 33.6. The van der Waals surface area contributed by atoms with Crippen molar-refractivity contribution in [2.45, 2.75) is 38.1 Å². The van der Waals surface area contributed by atoms with E-state index in [1.54, 1.807) is 54.6 Å². The Morgan fingerprint density at radius 3 is 2.55 bits per heavy atom. The molecule has 0 fully saturated rings. The third kappa shape index (κ3) is 5.82. The molecule has 0 aliphatic rings. The largest absolute Gasteiger partial charge is 0.438 e. The van der Waals surface area contributed by atoms with Gasteiger partial charge in [-0.1, -0.05) is 30.7 Å². The minimum Gasteiger partial charge on any atom is -0.438 e. The Morgan fingerprint density at radius 1 is 1.10 bits per heavy atom. The van der Waals surface area contributed by atoms with E-state index in [-0.39, 0.29) is 22.7 Å². The van der Waals surface area contributed by atoms with Crippen LogP contribution in [0.15, 0.2) is 71.8 Å². The predicted octanol–water partition coefficient (Wildman–Crippen LogP) is 4.51. The highest BCUT2D eigenvalue weighted by atomic mass is 32.2. The summed E-state index contributed by atoms with van der Waals surface area (Å²) in [5.74, 6) is 0.205. The minimum absolute atomic E-state index is 0.0139. The Bertz CT molecular complexity index is 1160. The number of aromatic nitrogens is 1. The van der Waals surface area contributed by atoms with E-state index < -0.39 is 10.0 Å². The number of rotatable bonds is 8. The smallest absolute Gasteiger partial charge is 0.261 e. The Kier molecular flexibility index (Phi) is 6.91. The van der Waals surface area contributed by atoms with Gasteiger partial charge in [-0.2, -0.15) is 0 Å². The van der Waals surface area contributed by atoms with Crippen LogP contribution >= 0.6 is 0 Å². The maximum Gasteiger partial charge on any atom is 0.261 e. The van der Waals surface area contributed by atoms with Crippen LogP contribution in [0.2, 0.25) is 0 Å². The summed E-state index contributed by atoms with van der Waals surface area (Å²) in [6.45, 7) is 5.78. The molecule has 0 aliphatic carbocycles. The van der Waals surface area contributed by atoms with Crippen LogP contribution < -0.4 is 14.8 Å². The number of carbonyl (C=O) groups excluding carboxylic acids is 1. The number of ether oxygens (including phenoxy) is 1. The van der Waals surface area contributed by atoms with Crippen molar-refractivity contribution in [3.05, 3.63) is 78.0 Å². The van der Waals surface area contributed by atoms with E-state index in [0.717, 1.165) is 12.0 Å². The number of benzene rings is 2. The lowest BCUT2D eigenvalue weighted by molar-refractivity contribution is 0.0936. The first-order valence-corrected chi connectivity index (χ1v) is 11.4. The molecule has 0 spiro atoms. The summed E-state index contributed by atoms with van der Waals surface area (Å²) in [6.07, 6.45) is 2.32. The van der Waals surface area contributed by atoms with Crippen molar-refractivity contribution < 1.29 is 17.9 Å². The van der Waals surface area contributed by atoms with Gasteiger partial charge in [0.1, 0.15) is 11.3 Å². The molecular formula is C23H25N3O4S. The first-order valence-electron chi connectivity index (χ1n) is 9.92. The summed E-state index contributed by atoms with van der Waals surface area (Å²) in [4.78, 5) is 16.9. The highest BCUT2D eigenvalue weighted by molar-refractivity contribution is 7.92. The van der Waals surface area contributed by atoms with Crippen LogP contribution in [0.4, 0.5) is 5.69 Å². The van der Waals surface area contributed by atoms with E-state index in [9.17, 15) is 13.2 Å². The van der Waals surface area contributed by atoms with Crippen molar-refractivity contribution in [2.24, 2.45) is 0 Å². The van der Waals surface area contributed by atoms with Crippen molar-refractivity contribution in [2.75, 3.05) is 4.72 Å². The molecule has 7 nitrogen and oxygen atoms in total. The summed E-state index contributed by atoms with van der Waals surface area (Å²) in [5, 5.41) is 2.89. The second-order valence-corrected chi connectivity index (χ2v) is 8.87. The Balaban J connectivity index is 1.80. The van der Waals surface area contributed by atoms with E-state index in [1.165, 1.54) is 12.3 Å². The van der Waals surface area contributed by atoms with Gasteiger partial charge in [-0.05, 0) is 56.7 Å². The third-order valence-electron chi connectivity index (χ3n) is 4.64. The number of hydrogen-bond acceptors (Lipinski definition) is 5. The molecule has 3 rings (SSSR count). The number of carbonyl (C=O) groups is 1. The molecule has 1 heterocycles. The summed E-state index contributed by atoms with van der Waals surface area (Å²) >= 11 is 0. The van der Waals surface area contributed by atoms with Gasteiger partial charge in [0.05, 0.1) is 10.6 Å². The normalized spacial score (nSPS) is 12.1. The lowest BCUT2D eigenvalue weighted by Crippen LogP contribution is -2.32. The zero-order valence-electron chi connectivity index (χ0n) is 17.6. The summed E-state index contributed by atoms with van der Waals surface area (Å²) in [5.41, 5.74) is 1.60. The first kappa shape index (κ1) is 22.3. The van der Waals surface area contributed by atoms with Crippen molar-refractivity contribution in [3.63, 3.8) is 0 Å². The topological polar surface area (TPSA) is 97.4 Å². The van der Waals surface area contributed by atoms with Gasteiger partial charge in [0.25, 0.3) is 15.9 Å². The number of nitrogens with one attached hydrogen (secondary N) is 2. The molecule has 2 aromatic carbocycles. The maximum absolute atomic E-state index is 12.6. The molecule has 0 radical (unpaired) electrons. The second kappa shape index (κ2) is 9.61. The number of hydrogen-bond donors (Lipinski definition) is 2. The highest BCUT2D eigenvalue weighted by Gasteiger charge is 2.17. The van der Waals surface area contributed by atoms with Gasteiger partial charge in [-0.3, -0.25) is 9.52 Å². The number of pyridine rings is 1. The van der Waals surface area contributed by atoms with Crippen molar-refractivity contribution in [1.29, 1.82) is 0 Å². The molecular weight excluding hydrogens is 414 g/mol. The molecule has 1 aromatic heterocycles. The fourth-order valence-corrected chi connectivity index (χ4v) is 3.76. The van der Waals surface area contributed by atoms with E-state index in [0.29, 0.717) is 17.0 Å². The highest BCUT2D eigenvalue weighted by Crippen LogP contribution is 2.26. The lowest BCUT2D eigenvalue weighted by atomic mass is 10.2. The molecule has 0 saturated carbocycles. The van der Waals surface area contributed by atoms with E-state index in [2.05, 4.69) is 15.0 Å². The van der Waals surface area contributed by atoms with E-state index in [1.807, 2.05) is 20.8 Å². The van der Waals surface area contributed by atoms with E-state index in [4.69, 9.17) is 4.74 Å². The van der Waals surface area contributed by atoms with Crippen LogP contribution in [0.1, 0.15) is 36.2 Å². The number of sulfonamides is 1. The molecule has 2 N–H and O–H groups in total. The van der Waals surface area contributed by atoms with Crippen LogP contribution in [-0.2, 0) is 10.0 Å². The second-order valence-electron chi connectivity index (χ2n) is 7.19. The van der Waals surface area contributed by atoms with Gasteiger partial charge in [0, 0.05) is 18.3 Å². The monoisotopic (exact) mass is 439 g/mol. The molecule has 31 heavy (non-hydrogen) atoms. The van der Waals surface area contributed by atoms with Gasteiger partial charge in [0.2, 0.25) is 5.88 Å². The minimum atomic E-state index is -3.74. The van der Waals surface area contributed by atoms with Crippen molar-refractivity contribution in [1.82, 2.24) is 10.3 Å². The molecule has 0 bridgehead atoms. The van der Waals surface area contributed by atoms with Gasteiger partial charge >= 0.3 is 0 Å². The number of aryl methyl sites for hydroxylation is 1. The lowest BCUT2D eigenvalue weighted by Gasteiger charge is -2.14. The van der Waals surface area contributed by atoms with Crippen LogP contribution in [0, 0.1) is 6.92 Å². The SMILES string of the molecule is CCC(C)NC(=O)c1cccnc1Oc1cccc(NS(=O)(=O)c2ccc(C)cc2)c1. The Morgan fingerprint density at radius 2 is 1.84 bits per heavy atom. The fraction of sp³-hybridized carbons (Fsp3) is 0.217. The molecule has 1 unspecified atom stereocenters. The molecule has 8 heteroatoms. The van der Waals surface area contributed by atoms with Crippen LogP contribution in [0.25, 0.3) is 0 Å². The van der Waals surface area contributed by atoms with Gasteiger partial charge < -0.3 is 10.1 Å². The summed E-state index contributed by atoms with van der Waals surface area (Å²) in [7, 11) is -3.74. The quantitative estimate of drug-likeness (QED) is 0.538. The average Bonchev–Trinajstić information content (AvgIpc) is 2.74. The molecule has 1 atom stereocenters. The fourth-order valence-electron chi connectivity index (χ4n) is 2.71. The molecule has 1 amide bonds. The Hall–Kier alpha value is -3.39. The van der Waals surface area contributed by atoms with Gasteiger partial charge in [-0.25, -0.2) is 13.4 Å². The first-order chi connectivity index (χ1) is 14.8. The number of nitrogens with zero attached hydrogens (tertiary/aromatic N) is 1. The molecule has 3 aromatic rings. The predicted molar refractivity (Wildman–Crippen MR) is 120 cm³/mol. The van der Waals surface area contributed by atoms with Crippen molar-refractivity contribution in [3.8, 4) is 11.6 Å². The average molecular weight is 440 g/mol. The maximum atomic E-state index is 12.6. The van der Waals surface area contributed by atoms with Crippen LogP contribution in [-0.4, -0.2) is 25.4 Å². The molecule has 162 valence electrons. The van der Waals surface area contributed by atoms with Crippen LogP contribution in [0.3, 0.4) is 0 Å². The van der Waals surface area contributed by atoms with Crippen molar-refractivity contribution >= 4 is 21.6 Å². The van der Waals surface area contributed by atoms with Gasteiger partial charge in [0.15, 0.2) is 0 Å². The summed E-state index contributed by atoms with van der Waals surface area (Å²) in [6, 6.07) is 16.3. The number of amides is 1. The molecule has 0 saturated heterocycles. The standard InChI is InChI=1S/C23H25N3O4S/c1-4-17(3)25-22(27)21-9-6-14-24-23(21)30-19-8-5-7-18(15-19)26-31(28,29)20-12-10-16(2)11-13-20/h5-15,17,26H,4H2,1-3H3,(H,25,27). The number of anilines is 1. The van der Waals surface area contributed by atoms with Gasteiger partial charge in [-0.15, -0.1) is 0 Å².